The van der Waals surface area contributed by atoms with E-state index in [1.54, 1.807) is 6.92 Å². The van der Waals surface area contributed by atoms with Crippen LogP contribution in [0.15, 0.2) is 0 Å². The van der Waals surface area contributed by atoms with Crippen LogP contribution in [0.5, 0.6) is 0 Å². The van der Waals surface area contributed by atoms with Gasteiger partial charge < -0.3 is 20.4 Å². The Morgan fingerprint density at radius 2 is 1.60 bits per heavy atom. The van der Waals surface area contributed by atoms with Gasteiger partial charge in [-0.05, 0) is 13.8 Å². The van der Waals surface area contributed by atoms with Gasteiger partial charge >= 0.3 is 0 Å². The standard InChI is InChI=1S/C4H10O2.C2H6O.H2O/c1-2-6-4-3-5;1-2-3;/h5H,2-4H2,1H3;3H,2H2,1H3;1H2. The summed E-state index contributed by atoms with van der Waals surface area (Å²) >= 11 is 0. The number of hydrogen-bond donors (Lipinski definition) is 2. The third-order valence-electron chi connectivity index (χ3n) is 0.440. The molecule has 0 amide bonds. The van der Waals surface area contributed by atoms with Crippen LogP contribution in [0.25, 0.3) is 0 Å². The smallest absolute Gasteiger partial charge is 0.0697 e. The minimum atomic E-state index is 0. The lowest BCUT2D eigenvalue weighted by Crippen LogP contribution is -1.96. The fraction of sp³-hybridized carbons (Fsp3) is 1.00. The second-order valence-corrected chi connectivity index (χ2v) is 1.24. The van der Waals surface area contributed by atoms with Crippen LogP contribution in [0, 0.1) is 0 Å². The van der Waals surface area contributed by atoms with E-state index >= 15 is 0 Å². The molecule has 0 bridgehead atoms. The number of rotatable bonds is 3. The van der Waals surface area contributed by atoms with E-state index in [-0.39, 0.29) is 18.7 Å². The fourth-order valence-corrected chi connectivity index (χ4v) is 0.209. The highest BCUT2D eigenvalue weighted by atomic mass is 16.5. The van der Waals surface area contributed by atoms with Crippen LogP contribution >= 0.6 is 0 Å². The molecule has 0 spiro atoms. The second kappa shape index (κ2) is 23.2. The lowest BCUT2D eigenvalue weighted by molar-refractivity contribution is 0.102. The summed E-state index contributed by atoms with van der Waals surface area (Å²) in [4.78, 5) is 0. The molecule has 0 aromatic heterocycles. The third-order valence-corrected chi connectivity index (χ3v) is 0.440. The van der Waals surface area contributed by atoms with Gasteiger partial charge in [-0.15, -0.1) is 0 Å². The van der Waals surface area contributed by atoms with E-state index in [9.17, 15) is 0 Å². The zero-order valence-electron chi connectivity index (χ0n) is 6.63. The van der Waals surface area contributed by atoms with Crippen LogP contribution in [-0.4, -0.2) is 42.1 Å². The van der Waals surface area contributed by atoms with Crippen molar-refractivity contribution in [3.8, 4) is 0 Å². The molecule has 0 saturated heterocycles. The highest BCUT2D eigenvalue weighted by Crippen LogP contribution is 1.66. The SMILES string of the molecule is CCO.CCOCCO.O. The summed E-state index contributed by atoms with van der Waals surface area (Å²) in [7, 11) is 0. The normalized spacial score (nSPS) is 7.20. The summed E-state index contributed by atoms with van der Waals surface area (Å²) in [6, 6.07) is 0. The Labute approximate surface area is 61.8 Å². The first-order valence-electron chi connectivity index (χ1n) is 3.12. The molecule has 0 aliphatic carbocycles. The summed E-state index contributed by atoms with van der Waals surface area (Å²) in [6.07, 6.45) is 0. The zero-order chi connectivity index (χ0) is 7.54. The molecular formula is C6H18O4. The summed E-state index contributed by atoms with van der Waals surface area (Å²) < 4.78 is 4.73. The molecule has 0 aromatic rings. The number of hydrogen-bond acceptors (Lipinski definition) is 3. The monoisotopic (exact) mass is 154 g/mol. The Morgan fingerprint density at radius 1 is 1.20 bits per heavy atom. The summed E-state index contributed by atoms with van der Waals surface area (Å²) in [5.74, 6) is 0. The zero-order valence-corrected chi connectivity index (χ0v) is 6.63. The van der Waals surface area contributed by atoms with Gasteiger partial charge in [0.15, 0.2) is 0 Å². The molecule has 4 nitrogen and oxygen atoms in total. The van der Waals surface area contributed by atoms with Gasteiger partial charge in [-0.25, -0.2) is 0 Å². The molecule has 0 unspecified atom stereocenters. The summed E-state index contributed by atoms with van der Waals surface area (Å²) in [6.45, 7) is 5.13. The van der Waals surface area contributed by atoms with E-state index in [0.29, 0.717) is 13.2 Å². The van der Waals surface area contributed by atoms with Gasteiger partial charge in [0.05, 0.1) is 13.2 Å². The van der Waals surface area contributed by atoms with Crippen molar-refractivity contribution in [1.82, 2.24) is 0 Å². The molecule has 66 valence electrons. The van der Waals surface area contributed by atoms with E-state index < -0.39 is 0 Å². The molecule has 0 rings (SSSR count). The maximum absolute atomic E-state index is 8.07. The topological polar surface area (TPSA) is 81.2 Å². The Balaban J connectivity index is -0.000000107. The largest absolute Gasteiger partial charge is 0.412 e. The Bertz CT molecular complexity index is 28.9. The summed E-state index contributed by atoms with van der Waals surface area (Å²) in [5.41, 5.74) is 0. The van der Waals surface area contributed by atoms with Gasteiger partial charge in [-0.3, -0.25) is 0 Å². The van der Waals surface area contributed by atoms with E-state index in [1.807, 2.05) is 6.92 Å². The Morgan fingerprint density at radius 3 is 1.70 bits per heavy atom. The number of aliphatic hydroxyl groups is 2. The maximum Gasteiger partial charge on any atom is 0.0697 e. The molecule has 0 atom stereocenters. The van der Waals surface area contributed by atoms with Crippen molar-refractivity contribution >= 4 is 0 Å². The van der Waals surface area contributed by atoms with Crippen LogP contribution in [-0.2, 0) is 4.74 Å². The van der Waals surface area contributed by atoms with E-state index in [2.05, 4.69) is 0 Å². The molecule has 0 fully saturated rings. The van der Waals surface area contributed by atoms with E-state index in [4.69, 9.17) is 14.9 Å². The molecule has 0 heterocycles. The number of aliphatic hydroxyl groups excluding tert-OH is 2. The average molecular weight is 154 g/mol. The molecule has 0 radical (unpaired) electrons. The lowest BCUT2D eigenvalue weighted by Gasteiger charge is -1.91. The van der Waals surface area contributed by atoms with Gasteiger partial charge in [0.25, 0.3) is 0 Å². The van der Waals surface area contributed by atoms with Gasteiger partial charge in [-0.2, -0.15) is 0 Å². The van der Waals surface area contributed by atoms with Crippen LogP contribution in [0.3, 0.4) is 0 Å². The molecule has 4 N–H and O–H groups in total. The van der Waals surface area contributed by atoms with E-state index in [1.165, 1.54) is 0 Å². The van der Waals surface area contributed by atoms with Crippen molar-refractivity contribution in [2.75, 3.05) is 26.4 Å². The van der Waals surface area contributed by atoms with Crippen molar-refractivity contribution in [2.24, 2.45) is 0 Å². The predicted octanol–water partition coefficient (Wildman–Crippen LogP) is -0.811. The number of ether oxygens (including phenoxy) is 1. The average Bonchev–Trinajstić information content (AvgIpc) is 1.86. The predicted molar refractivity (Wildman–Crippen MR) is 40.0 cm³/mol. The molecule has 0 aromatic carbocycles. The molecule has 0 aliphatic rings. The minimum Gasteiger partial charge on any atom is -0.412 e. The third kappa shape index (κ3) is 45.5. The van der Waals surface area contributed by atoms with Gasteiger partial charge in [-0.1, -0.05) is 0 Å². The van der Waals surface area contributed by atoms with Crippen LogP contribution in [0.4, 0.5) is 0 Å². The first kappa shape index (κ1) is 16.4. The maximum atomic E-state index is 8.07. The molecule has 0 saturated carbocycles. The van der Waals surface area contributed by atoms with Crippen LogP contribution < -0.4 is 0 Å². The van der Waals surface area contributed by atoms with Crippen LogP contribution in [0.1, 0.15) is 13.8 Å². The van der Waals surface area contributed by atoms with Crippen molar-refractivity contribution in [1.29, 1.82) is 0 Å². The summed E-state index contributed by atoms with van der Waals surface area (Å²) in [5, 5.41) is 15.6. The quantitative estimate of drug-likeness (QED) is 0.521. The van der Waals surface area contributed by atoms with Crippen molar-refractivity contribution in [3.05, 3.63) is 0 Å². The van der Waals surface area contributed by atoms with Crippen molar-refractivity contribution in [2.45, 2.75) is 13.8 Å². The molecule has 4 heteroatoms. The molecule has 10 heavy (non-hydrogen) atoms. The Hall–Kier alpha value is -0.160. The van der Waals surface area contributed by atoms with E-state index in [0.717, 1.165) is 0 Å². The molecule has 0 aliphatic heterocycles. The second-order valence-electron chi connectivity index (χ2n) is 1.24. The first-order valence-corrected chi connectivity index (χ1v) is 3.12. The fourth-order valence-electron chi connectivity index (χ4n) is 0.209. The Kier molecular flexibility index (Phi) is 38.1. The van der Waals surface area contributed by atoms with Crippen molar-refractivity contribution in [3.63, 3.8) is 0 Å². The van der Waals surface area contributed by atoms with Gasteiger partial charge in [0.2, 0.25) is 0 Å². The van der Waals surface area contributed by atoms with Crippen molar-refractivity contribution < 1.29 is 20.4 Å². The molecular weight excluding hydrogens is 136 g/mol. The highest BCUT2D eigenvalue weighted by Gasteiger charge is 1.73. The van der Waals surface area contributed by atoms with Crippen LogP contribution in [0.2, 0.25) is 0 Å². The highest BCUT2D eigenvalue weighted by molar-refractivity contribution is 4.18. The lowest BCUT2D eigenvalue weighted by atomic mass is 10.8. The van der Waals surface area contributed by atoms with Gasteiger partial charge in [0.1, 0.15) is 0 Å². The van der Waals surface area contributed by atoms with Gasteiger partial charge in [0, 0.05) is 13.2 Å². The minimum absolute atomic E-state index is 0. The first-order chi connectivity index (χ1) is 4.33.